The third-order valence-electron chi connectivity index (χ3n) is 3.09. The van der Waals surface area contributed by atoms with Crippen LogP contribution < -0.4 is 10.6 Å². The number of aromatic nitrogens is 1. The monoisotopic (exact) mass is 276 g/mol. The second kappa shape index (κ2) is 9.16. The molecule has 1 heterocycles. The Kier molecular flexibility index (Phi) is 7.44. The number of hydrogen-bond acceptors (Lipinski definition) is 3. The van der Waals surface area contributed by atoms with Gasteiger partial charge in [0.25, 0.3) is 0 Å². The zero-order valence-electron chi connectivity index (χ0n) is 12.4. The molecule has 110 valence electrons. The van der Waals surface area contributed by atoms with E-state index in [1.54, 1.807) is 0 Å². The van der Waals surface area contributed by atoms with E-state index in [0.29, 0.717) is 25.6 Å². The highest BCUT2D eigenvalue weighted by molar-refractivity contribution is 5.75. The number of hydrogen-bond donors (Lipinski definition) is 2. The van der Waals surface area contributed by atoms with Gasteiger partial charge in [0.2, 0.25) is 5.91 Å². The first-order valence-corrected chi connectivity index (χ1v) is 7.24. The van der Waals surface area contributed by atoms with Gasteiger partial charge in [-0.3, -0.25) is 4.79 Å². The van der Waals surface area contributed by atoms with E-state index in [0.717, 1.165) is 19.4 Å². The maximum atomic E-state index is 11.7. The van der Waals surface area contributed by atoms with Gasteiger partial charge in [-0.1, -0.05) is 20.3 Å². The molecule has 5 nitrogen and oxygen atoms in total. The second-order valence-electron chi connectivity index (χ2n) is 4.77. The van der Waals surface area contributed by atoms with Crippen LogP contribution in [0.1, 0.15) is 44.7 Å². The molecule has 0 spiro atoms. The summed E-state index contributed by atoms with van der Waals surface area (Å²) < 4.78 is 1.89. The number of carbonyl (C=O) groups excluding carboxylic acids is 1. The van der Waals surface area contributed by atoms with Crippen molar-refractivity contribution in [3.8, 4) is 6.07 Å². The van der Waals surface area contributed by atoms with Gasteiger partial charge in [-0.15, -0.1) is 0 Å². The zero-order chi connectivity index (χ0) is 14.8. The van der Waals surface area contributed by atoms with Crippen LogP contribution in [-0.2, 0) is 11.3 Å². The molecule has 0 aromatic carbocycles. The molecule has 20 heavy (non-hydrogen) atoms. The molecule has 0 saturated heterocycles. The average Bonchev–Trinajstić information content (AvgIpc) is 2.87. The maximum Gasteiger partial charge on any atom is 0.239 e. The second-order valence-corrected chi connectivity index (χ2v) is 4.77. The van der Waals surface area contributed by atoms with E-state index >= 15 is 0 Å². The summed E-state index contributed by atoms with van der Waals surface area (Å²) in [5, 5.41) is 14.6. The van der Waals surface area contributed by atoms with Crippen molar-refractivity contribution in [3.05, 3.63) is 24.0 Å². The normalized spacial score (nSPS) is 11.8. The highest BCUT2D eigenvalue weighted by Gasteiger charge is 2.11. The van der Waals surface area contributed by atoms with Crippen LogP contribution in [0, 0.1) is 11.3 Å². The van der Waals surface area contributed by atoms with Crippen LogP contribution in [0.15, 0.2) is 18.5 Å². The van der Waals surface area contributed by atoms with Crippen LogP contribution in [0.2, 0.25) is 0 Å². The van der Waals surface area contributed by atoms with E-state index < -0.39 is 0 Å². The molecule has 0 bridgehead atoms. The first kappa shape index (κ1) is 16.3. The molecule has 0 aliphatic rings. The molecule has 1 aromatic heterocycles. The molecule has 1 atom stereocenters. The molecule has 1 rings (SSSR count). The number of nitrogens with zero attached hydrogens (tertiary/aromatic N) is 2. The lowest BCUT2D eigenvalue weighted by Gasteiger charge is -2.15. The molecule has 0 saturated carbocycles. The quantitative estimate of drug-likeness (QED) is 0.677. The lowest BCUT2D eigenvalue weighted by Crippen LogP contribution is -2.27. The Labute approximate surface area is 121 Å². The smallest absolute Gasteiger partial charge is 0.239 e. The molecule has 1 unspecified atom stereocenters. The van der Waals surface area contributed by atoms with Crippen molar-refractivity contribution in [1.82, 2.24) is 15.2 Å². The van der Waals surface area contributed by atoms with Crippen molar-refractivity contribution in [3.63, 3.8) is 0 Å². The lowest BCUT2D eigenvalue weighted by atomic mass is 10.1. The molecule has 0 fully saturated rings. The Bertz CT molecular complexity index is 441. The van der Waals surface area contributed by atoms with Gasteiger partial charge in [-0.25, -0.2) is 0 Å². The maximum absolute atomic E-state index is 11.7. The van der Waals surface area contributed by atoms with Crippen molar-refractivity contribution < 1.29 is 4.79 Å². The van der Waals surface area contributed by atoms with Gasteiger partial charge in [0.1, 0.15) is 6.54 Å². The number of nitriles is 1. The predicted octanol–water partition coefficient (Wildman–Crippen LogP) is 1.97. The first-order chi connectivity index (χ1) is 9.71. The third kappa shape index (κ3) is 5.45. The molecule has 1 aromatic rings. The molecular formula is C15H24N4O. The molecule has 0 aliphatic carbocycles. The average molecular weight is 276 g/mol. The SMILES string of the molecule is CCCC(NCC)c1ccn(CC(=O)NCCC#N)c1. The summed E-state index contributed by atoms with van der Waals surface area (Å²) in [6.45, 7) is 5.92. The fourth-order valence-electron chi connectivity index (χ4n) is 2.17. The third-order valence-corrected chi connectivity index (χ3v) is 3.09. The van der Waals surface area contributed by atoms with Crippen LogP contribution in [0.5, 0.6) is 0 Å². The Morgan fingerprint density at radius 1 is 1.50 bits per heavy atom. The number of carbonyl (C=O) groups is 1. The largest absolute Gasteiger partial charge is 0.354 e. The summed E-state index contributed by atoms with van der Waals surface area (Å²) >= 11 is 0. The standard InChI is InChI=1S/C15H24N4O/c1-3-6-14(17-4-2)13-7-10-19(11-13)12-15(20)18-9-5-8-16/h7,10-11,14,17H,3-6,9,12H2,1-2H3,(H,18,20). The Morgan fingerprint density at radius 2 is 2.30 bits per heavy atom. The fourth-order valence-corrected chi connectivity index (χ4v) is 2.17. The van der Waals surface area contributed by atoms with E-state index in [9.17, 15) is 4.79 Å². The zero-order valence-corrected chi connectivity index (χ0v) is 12.4. The van der Waals surface area contributed by atoms with Crippen molar-refractivity contribution in [2.75, 3.05) is 13.1 Å². The van der Waals surface area contributed by atoms with Crippen LogP contribution in [0.25, 0.3) is 0 Å². The van der Waals surface area contributed by atoms with Gasteiger partial charge in [0.05, 0.1) is 12.5 Å². The summed E-state index contributed by atoms with van der Waals surface area (Å²) in [4.78, 5) is 11.7. The van der Waals surface area contributed by atoms with Crippen molar-refractivity contribution in [2.45, 2.75) is 45.7 Å². The van der Waals surface area contributed by atoms with E-state index in [1.807, 2.05) is 23.0 Å². The summed E-state index contributed by atoms with van der Waals surface area (Å²) in [5.74, 6) is -0.0575. The minimum Gasteiger partial charge on any atom is -0.354 e. The van der Waals surface area contributed by atoms with Gasteiger partial charge in [0.15, 0.2) is 0 Å². The van der Waals surface area contributed by atoms with Gasteiger partial charge >= 0.3 is 0 Å². The van der Waals surface area contributed by atoms with E-state index in [-0.39, 0.29) is 5.91 Å². The Morgan fingerprint density at radius 3 is 2.95 bits per heavy atom. The van der Waals surface area contributed by atoms with Crippen LogP contribution in [0.3, 0.4) is 0 Å². The number of rotatable bonds is 9. The molecule has 0 radical (unpaired) electrons. The van der Waals surface area contributed by atoms with E-state index in [2.05, 4.69) is 30.5 Å². The van der Waals surface area contributed by atoms with Gasteiger partial charge in [-0.05, 0) is 24.6 Å². The van der Waals surface area contributed by atoms with Crippen LogP contribution >= 0.6 is 0 Å². The van der Waals surface area contributed by atoms with E-state index in [4.69, 9.17) is 5.26 Å². The topological polar surface area (TPSA) is 69.8 Å². The summed E-state index contributed by atoms with van der Waals surface area (Å²) in [5.41, 5.74) is 1.22. The highest BCUT2D eigenvalue weighted by Crippen LogP contribution is 2.18. The van der Waals surface area contributed by atoms with Gasteiger partial charge in [-0.2, -0.15) is 5.26 Å². The lowest BCUT2D eigenvalue weighted by molar-refractivity contribution is -0.121. The molecule has 0 aliphatic heterocycles. The van der Waals surface area contributed by atoms with E-state index in [1.165, 1.54) is 5.56 Å². The van der Waals surface area contributed by atoms with Crippen LogP contribution in [-0.4, -0.2) is 23.6 Å². The van der Waals surface area contributed by atoms with Crippen molar-refractivity contribution in [2.24, 2.45) is 0 Å². The molecule has 2 N–H and O–H groups in total. The van der Waals surface area contributed by atoms with Crippen molar-refractivity contribution >= 4 is 5.91 Å². The summed E-state index contributed by atoms with van der Waals surface area (Å²) in [6, 6.07) is 4.42. The molecule has 1 amide bonds. The number of nitrogens with one attached hydrogen (secondary N) is 2. The highest BCUT2D eigenvalue weighted by atomic mass is 16.1. The van der Waals surface area contributed by atoms with Crippen LogP contribution in [0.4, 0.5) is 0 Å². The number of amides is 1. The Balaban J connectivity index is 2.53. The molecular weight excluding hydrogens is 252 g/mol. The fraction of sp³-hybridized carbons (Fsp3) is 0.600. The minimum atomic E-state index is -0.0575. The summed E-state index contributed by atoms with van der Waals surface area (Å²) in [7, 11) is 0. The molecule has 5 heteroatoms. The summed E-state index contributed by atoms with van der Waals surface area (Å²) in [6.07, 6.45) is 6.51. The van der Waals surface area contributed by atoms with Gasteiger partial charge < -0.3 is 15.2 Å². The Hall–Kier alpha value is -1.80. The van der Waals surface area contributed by atoms with Gasteiger partial charge in [0, 0.05) is 25.0 Å². The first-order valence-electron chi connectivity index (χ1n) is 7.24. The predicted molar refractivity (Wildman–Crippen MR) is 79.0 cm³/mol. The van der Waals surface area contributed by atoms with Crippen molar-refractivity contribution in [1.29, 1.82) is 5.26 Å². The minimum absolute atomic E-state index is 0.0575.